The van der Waals surface area contributed by atoms with E-state index >= 15 is 0 Å². The highest BCUT2D eigenvalue weighted by Gasteiger charge is 1.97. The molecule has 2 N–H and O–H groups in total. The van der Waals surface area contributed by atoms with Crippen molar-refractivity contribution in [1.29, 1.82) is 0 Å². The summed E-state index contributed by atoms with van der Waals surface area (Å²) < 4.78 is 5.37. The molecular weight excluding hydrogens is 166 g/mol. The smallest absolute Gasteiger partial charge is 0.232 e. The van der Waals surface area contributed by atoms with Gasteiger partial charge in [0.1, 0.15) is 6.61 Å². The minimum atomic E-state index is 0.504. The summed E-state index contributed by atoms with van der Waals surface area (Å²) in [4.78, 5) is 0. The Hall–Kier alpha value is -1.03. The molecule has 0 fully saturated rings. The molecule has 4 nitrogen and oxygen atoms in total. The van der Waals surface area contributed by atoms with Crippen molar-refractivity contribution in [3.8, 4) is 5.88 Å². The zero-order valence-corrected chi connectivity index (χ0v) is 8.42. The van der Waals surface area contributed by atoms with Crippen molar-refractivity contribution in [2.24, 2.45) is 0 Å². The van der Waals surface area contributed by atoms with Crippen LogP contribution in [0.25, 0.3) is 0 Å². The number of rotatable bonds is 5. The van der Waals surface area contributed by atoms with Crippen LogP contribution in [0.5, 0.6) is 5.88 Å². The third-order valence-electron chi connectivity index (χ3n) is 1.59. The molecule has 0 aliphatic rings. The van der Waals surface area contributed by atoms with Crippen molar-refractivity contribution >= 4 is 0 Å². The monoisotopic (exact) mass is 183 g/mol. The van der Waals surface area contributed by atoms with E-state index in [-0.39, 0.29) is 0 Å². The van der Waals surface area contributed by atoms with Gasteiger partial charge in [-0.2, -0.15) is 0 Å². The molecule has 74 valence electrons. The van der Waals surface area contributed by atoms with Crippen LogP contribution in [-0.4, -0.2) is 29.4 Å². The third-order valence-corrected chi connectivity index (χ3v) is 1.59. The van der Waals surface area contributed by atoms with Gasteiger partial charge in [0.15, 0.2) is 0 Å². The normalized spacial score (nSPS) is 10.8. The molecule has 0 atom stereocenters. The number of nitrogens with one attached hydrogen (secondary N) is 2. The minimum absolute atomic E-state index is 0.504. The van der Waals surface area contributed by atoms with Gasteiger partial charge in [0.25, 0.3) is 0 Å². The van der Waals surface area contributed by atoms with E-state index in [0.29, 0.717) is 18.5 Å². The topological polar surface area (TPSA) is 49.9 Å². The van der Waals surface area contributed by atoms with E-state index in [1.165, 1.54) is 0 Å². The summed E-state index contributed by atoms with van der Waals surface area (Å²) in [5, 5.41) is 10.0. The van der Waals surface area contributed by atoms with Crippen LogP contribution in [0.1, 0.15) is 19.5 Å². The second-order valence-electron chi connectivity index (χ2n) is 3.35. The molecule has 4 heteroatoms. The minimum Gasteiger partial charge on any atom is -0.475 e. The fourth-order valence-electron chi connectivity index (χ4n) is 0.970. The predicted molar refractivity (Wildman–Crippen MR) is 52.0 cm³/mol. The first kappa shape index (κ1) is 10.1. The van der Waals surface area contributed by atoms with Crippen LogP contribution in [0.4, 0.5) is 0 Å². The Labute approximate surface area is 78.7 Å². The van der Waals surface area contributed by atoms with Gasteiger partial charge in [-0.3, -0.25) is 5.10 Å². The van der Waals surface area contributed by atoms with Gasteiger partial charge in [0.05, 0.1) is 0 Å². The molecule has 0 aliphatic heterocycles. The number of aromatic amines is 1. The fraction of sp³-hybridized carbons (Fsp3) is 0.667. The highest BCUT2D eigenvalue weighted by molar-refractivity contribution is 5.12. The lowest BCUT2D eigenvalue weighted by Crippen LogP contribution is -2.27. The third kappa shape index (κ3) is 3.94. The number of hydrogen-bond acceptors (Lipinski definition) is 3. The first-order valence-corrected chi connectivity index (χ1v) is 4.56. The molecule has 0 radical (unpaired) electrons. The van der Waals surface area contributed by atoms with Gasteiger partial charge in [-0.15, -0.1) is 5.10 Å². The average molecular weight is 183 g/mol. The molecule has 0 unspecified atom stereocenters. The van der Waals surface area contributed by atoms with E-state index in [9.17, 15) is 0 Å². The Morgan fingerprint density at radius 3 is 2.92 bits per heavy atom. The van der Waals surface area contributed by atoms with Crippen molar-refractivity contribution in [1.82, 2.24) is 15.5 Å². The standard InChI is InChI=1S/C9H17N3O/c1-7(2)10-4-5-13-9-6-8(3)11-12-9/h6-7,10H,4-5H2,1-3H3,(H,11,12). The highest BCUT2D eigenvalue weighted by Crippen LogP contribution is 2.05. The lowest BCUT2D eigenvalue weighted by atomic mass is 10.4. The maximum absolute atomic E-state index is 5.37. The van der Waals surface area contributed by atoms with E-state index in [0.717, 1.165) is 12.2 Å². The van der Waals surface area contributed by atoms with Crippen molar-refractivity contribution in [3.63, 3.8) is 0 Å². The Morgan fingerprint density at radius 2 is 2.38 bits per heavy atom. The van der Waals surface area contributed by atoms with Crippen molar-refractivity contribution in [3.05, 3.63) is 11.8 Å². The van der Waals surface area contributed by atoms with Crippen LogP contribution in [0.2, 0.25) is 0 Å². The first-order valence-electron chi connectivity index (χ1n) is 4.56. The molecule has 13 heavy (non-hydrogen) atoms. The number of hydrogen-bond donors (Lipinski definition) is 2. The van der Waals surface area contributed by atoms with Crippen LogP contribution in [-0.2, 0) is 0 Å². The molecule has 0 saturated heterocycles. The summed E-state index contributed by atoms with van der Waals surface area (Å²) in [5.74, 6) is 0.669. The molecule has 0 amide bonds. The van der Waals surface area contributed by atoms with Crippen LogP contribution in [0.15, 0.2) is 6.07 Å². The van der Waals surface area contributed by atoms with E-state index < -0.39 is 0 Å². The van der Waals surface area contributed by atoms with Crippen molar-refractivity contribution < 1.29 is 4.74 Å². The van der Waals surface area contributed by atoms with Gasteiger partial charge >= 0.3 is 0 Å². The fourth-order valence-corrected chi connectivity index (χ4v) is 0.970. The largest absolute Gasteiger partial charge is 0.475 e. The Morgan fingerprint density at radius 1 is 1.62 bits per heavy atom. The number of aryl methyl sites for hydroxylation is 1. The van der Waals surface area contributed by atoms with Crippen LogP contribution in [0, 0.1) is 6.92 Å². The SMILES string of the molecule is Cc1cc(OCCNC(C)C)n[nH]1. The average Bonchev–Trinajstić information content (AvgIpc) is 2.45. The lowest BCUT2D eigenvalue weighted by molar-refractivity contribution is 0.297. The predicted octanol–water partition coefficient (Wildman–Crippen LogP) is 1.09. The van der Waals surface area contributed by atoms with Crippen LogP contribution >= 0.6 is 0 Å². The van der Waals surface area contributed by atoms with Gasteiger partial charge in [-0.25, -0.2) is 0 Å². The second-order valence-corrected chi connectivity index (χ2v) is 3.35. The van der Waals surface area contributed by atoms with E-state index in [1.54, 1.807) is 0 Å². The first-order chi connectivity index (χ1) is 6.18. The number of nitrogens with zero attached hydrogens (tertiary/aromatic N) is 1. The quantitative estimate of drug-likeness (QED) is 0.672. The summed E-state index contributed by atoms with van der Waals surface area (Å²) in [7, 11) is 0. The van der Waals surface area contributed by atoms with E-state index in [4.69, 9.17) is 4.74 Å². The summed E-state index contributed by atoms with van der Waals surface area (Å²) in [6, 6.07) is 2.39. The summed E-state index contributed by atoms with van der Waals surface area (Å²) in [6.45, 7) is 7.68. The molecule has 0 aliphatic carbocycles. The summed E-state index contributed by atoms with van der Waals surface area (Å²) in [6.07, 6.45) is 0. The lowest BCUT2D eigenvalue weighted by Gasteiger charge is -2.07. The van der Waals surface area contributed by atoms with Crippen molar-refractivity contribution in [2.45, 2.75) is 26.8 Å². The summed E-state index contributed by atoms with van der Waals surface area (Å²) >= 11 is 0. The maximum Gasteiger partial charge on any atom is 0.232 e. The Kier molecular flexibility index (Phi) is 3.76. The number of H-pyrrole nitrogens is 1. The zero-order chi connectivity index (χ0) is 9.68. The molecular formula is C9H17N3O. The molecule has 0 aromatic carbocycles. The molecule has 1 aromatic rings. The summed E-state index contributed by atoms with van der Waals surface area (Å²) in [5.41, 5.74) is 1.02. The van der Waals surface area contributed by atoms with Gasteiger partial charge < -0.3 is 10.1 Å². The molecule has 1 aromatic heterocycles. The van der Waals surface area contributed by atoms with Crippen molar-refractivity contribution in [2.75, 3.05) is 13.2 Å². The Balaban J connectivity index is 2.13. The molecule has 0 saturated carbocycles. The molecule has 1 heterocycles. The maximum atomic E-state index is 5.37. The van der Waals surface area contributed by atoms with Gasteiger partial charge in [-0.1, -0.05) is 13.8 Å². The Bertz CT molecular complexity index is 245. The van der Waals surface area contributed by atoms with Crippen LogP contribution < -0.4 is 10.1 Å². The molecule has 0 spiro atoms. The van der Waals surface area contributed by atoms with Crippen LogP contribution in [0.3, 0.4) is 0 Å². The van der Waals surface area contributed by atoms with Gasteiger partial charge in [0, 0.05) is 24.3 Å². The second kappa shape index (κ2) is 4.87. The molecule has 0 bridgehead atoms. The number of aromatic nitrogens is 2. The zero-order valence-electron chi connectivity index (χ0n) is 8.42. The van der Waals surface area contributed by atoms with Gasteiger partial charge in [-0.05, 0) is 6.92 Å². The van der Waals surface area contributed by atoms with Gasteiger partial charge in [0.2, 0.25) is 5.88 Å². The van der Waals surface area contributed by atoms with E-state index in [2.05, 4.69) is 29.4 Å². The van der Waals surface area contributed by atoms with E-state index in [1.807, 2.05) is 13.0 Å². The highest BCUT2D eigenvalue weighted by atomic mass is 16.5. The number of ether oxygens (including phenoxy) is 1. The molecule has 1 rings (SSSR count).